The summed E-state index contributed by atoms with van der Waals surface area (Å²) in [5.74, 6) is 0. The summed E-state index contributed by atoms with van der Waals surface area (Å²) in [6.45, 7) is 7.22. The zero-order valence-corrected chi connectivity index (χ0v) is 11.1. The Morgan fingerprint density at radius 3 is 3.17 bits per heavy atom. The standard InChI is InChI=1S/C12H23N5O/c1-2-16(10-12-4-3-7-18-12)8-11-9-17(6-5-13)15-14-11/h9,12H,2-8,10,13H2,1H3. The highest BCUT2D eigenvalue weighted by Crippen LogP contribution is 2.14. The van der Waals surface area contributed by atoms with Crippen molar-refractivity contribution in [1.82, 2.24) is 19.9 Å². The van der Waals surface area contributed by atoms with Gasteiger partial charge in [-0.05, 0) is 19.4 Å². The highest BCUT2D eigenvalue weighted by molar-refractivity contribution is 4.92. The summed E-state index contributed by atoms with van der Waals surface area (Å²) in [4.78, 5) is 2.35. The van der Waals surface area contributed by atoms with E-state index in [2.05, 4.69) is 22.1 Å². The lowest BCUT2D eigenvalue weighted by Crippen LogP contribution is -2.31. The topological polar surface area (TPSA) is 69.2 Å². The molecule has 6 nitrogen and oxygen atoms in total. The molecule has 2 heterocycles. The molecule has 1 aliphatic heterocycles. The van der Waals surface area contributed by atoms with Crippen LogP contribution in [0.4, 0.5) is 0 Å². The highest BCUT2D eigenvalue weighted by Gasteiger charge is 2.19. The number of likely N-dealkylation sites (N-methyl/N-ethyl adjacent to an activating group) is 1. The minimum Gasteiger partial charge on any atom is -0.377 e. The predicted octanol–water partition coefficient (Wildman–Crippen LogP) is 0.238. The Kier molecular flexibility index (Phi) is 5.10. The lowest BCUT2D eigenvalue weighted by Gasteiger charge is -2.22. The van der Waals surface area contributed by atoms with Gasteiger partial charge < -0.3 is 10.5 Å². The van der Waals surface area contributed by atoms with Crippen molar-refractivity contribution >= 4 is 0 Å². The summed E-state index contributed by atoms with van der Waals surface area (Å²) in [6.07, 6.45) is 4.74. The van der Waals surface area contributed by atoms with Gasteiger partial charge in [-0.1, -0.05) is 12.1 Å². The highest BCUT2D eigenvalue weighted by atomic mass is 16.5. The number of aromatic nitrogens is 3. The average Bonchev–Trinajstić information content (AvgIpc) is 3.01. The van der Waals surface area contributed by atoms with Crippen molar-refractivity contribution in [3.8, 4) is 0 Å². The van der Waals surface area contributed by atoms with Gasteiger partial charge in [0, 0.05) is 32.4 Å². The number of ether oxygens (including phenoxy) is 1. The van der Waals surface area contributed by atoms with Crippen LogP contribution in [0.25, 0.3) is 0 Å². The molecule has 18 heavy (non-hydrogen) atoms. The SMILES string of the molecule is CCN(Cc1cn(CCN)nn1)CC1CCCO1. The van der Waals surface area contributed by atoms with Crippen molar-refractivity contribution in [1.29, 1.82) is 0 Å². The molecule has 0 aromatic carbocycles. The summed E-state index contributed by atoms with van der Waals surface area (Å²) in [6, 6.07) is 0. The van der Waals surface area contributed by atoms with Gasteiger partial charge in [0.15, 0.2) is 0 Å². The van der Waals surface area contributed by atoms with E-state index in [-0.39, 0.29) is 0 Å². The van der Waals surface area contributed by atoms with Crippen molar-refractivity contribution in [3.63, 3.8) is 0 Å². The fourth-order valence-corrected chi connectivity index (χ4v) is 2.26. The van der Waals surface area contributed by atoms with E-state index in [0.717, 1.165) is 38.5 Å². The van der Waals surface area contributed by atoms with Crippen LogP contribution in [-0.2, 0) is 17.8 Å². The second-order valence-corrected chi connectivity index (χ2v) is 4.72. The van der Waals surface area contributed by atoms with Gasteiger partial charge in [0.2, 0.25) is 0 Å². The predicted molar refractivity (Wildman–Crippen MR) is 69.0 cm³/mol. The fraction of sp³-hybridized carbons (Fsp3) is 0.833. The van der Waals surface area contributed by atoms with Crippen LogP contribution in [0.3, 0.4) is 0 Å². The second-order valence-electron chi connectivity index (χ2n) is 4.72. The zero-order valence-electron chi connectivity index (χ0n) is 11.1. The maximum absolute atomic E-state index is 5.67. The van der Waals surface area contributed by atoms with Gasteiger partial charge in [-0.15, -0.1) is 5.10 Å². The van der Waals surface area contributed by atoms with Gasteiger partial charge >= 0.3 is 0 Å². The van der Waals surface area contributed by atoms with Gasteiger partial charge in [0.1, 0.15) is 0 Å². The molecule has 1 fully saturated rings. The molecule has 1 aromatic heterocycles. The van der Waals surface area contributed by atoms with Crippen molar-refractivity contribution in [2.24, 2.45) is 5.73 Å². The van der Waals surface area contributed by atoms with E-state index in [1.165, 1.54) is 12.8 Å². The van der Waals surface area contributed by atoms with Crippen LogP contribution in [0.1, 0.15) is 25.5 Å². The van der Waals surface area contributed by atoms with Crippen LogP contribution in [-0.4, -0.2) is 52.2 Å². The average molecular weight is 253 g/mol. The third-order valence-electron chi connectivity index (χ3n) is 3.26. The normalized spacial score (nSPS) is 19.8. The van der Waals surface area contributed by atoms with Gasteiger partial charge in [-0.3, -0.25) is 9.58 Å². The van der Waals surface area contributed by atoms with Crippen LogP contribution >= 0.6 is 0 Å². The molecule has 0 radical (unpaired) electrons. The quantitative estimate of drug-likeness (QED) is 0.753. The summed E-state index contributed by atoms with van der Waals surface area (Å²) < 4.78 is 7.47. The molecule has 2 rings (SSSR count). The first kappa shape index (κ1) is 13.5. The second kappa shape index (κ2) is 6.82. The molecule has 6 heteroatoms. The van der Waals surface area contributed by atoms with Crippen molar-refractivity contribution in [2.75, 3.05) is 26.2 Å². The van der Waals surface area contributed by atoms with Gasteiger partial charge in [0.25, 0.3) is 0 Å². The molecular weight excluding hydrogens is 230 g/mol. The Bertz CT molecular complexity index is 348. The Morgan fingerprint density at radius 1 is 1.61 bits per heavy atom. The number of nitrogens with two attached hydrogens (primary N) is 1. The molecule has 1 unspecified atom stereocenters. The van der Waals surface area contributed by atoms with Crippen molar-refractivity contribution in [2.45, 2.75) is 39.0 Å². The summed E-state index contributed by atoms with van der Waals surface area (Å²) in [5, 5.41) is 8.23. The molecule has 102 valence electrons. The minimum atomic E-state index is 0.393. The third kappa shape index (κ3) is 3.76. The number of nitrogens with zero attached hydrogens (tertiary/aromatic N) is 4. The van der Waals surface area contributed by atoms with Crippen LogP contribution < -0.4 is 5.73 Å². The number of rotatable bonds is 7. The fourth-order valence-electron chi connectivity index (χ4n) is 2.26. The lowest BCUT2D eigenvalue weighted by atomic mass is 10.2. The maximum atomic E-state index is 5.67. The van der Waals surface area contributed by atoms with Gasteiger partial charge in [-0.2, -0.15) is 0 Å². The Hall–Kier alpha value is -0.980. The first-order valence-electron chi connectivity index (χ1n) is 6.75. The third-order valence-corrected chi connectivity index (χ3v) is 3.26. The smallest absolute Gasteiger partial charge is 0.0967 e. The largest absolute Gasteiger partial charge is 0.377 e. The number of hydrogen-bond acceptors (Lipinski definition) is 5. The summed E-state index contributed by atoms with van der Waals surface area (Å²) >= 11 is 0. The van der Waals surface area contributed by atoms with Crippen LogP contribution in [0.5, 0.6) is 0 Å². The van der Waals surface area contributed by atoms with E-state index in [1.54, 1.807) is 4.68 Å². The minimum absolute atomic E-state index is 0.393. The lowest BCUT2D eigenvalue weighted by molar-refractivity contribution is 0.0721. The Balaban J connectivity index is 1.83. The van der Waals surface area contributed by atoms with Crippen LogP contribution in [0.15, 0.2) is 6.20 Å². The molecule has 0 amide bonds. The molecule has 1 aliphatic rings. The summed E-state index contributed by atoms with van der Waals surface area (Å²) in [7, 11) is 0. The van der Waals surface area contributed by atoms with Gasteiger partial charge in [0.05, 0.1) is 18.3 Å². The van der Waals surface area contributed by atoms with Crippen molar-refractivity contribution < 1.29 is 4.74 Å². The molecular formula is C12H23N5O. The molecule has 1 aromatic rings. The van der Waals surface area contributed by atoms with E-state index in [0.29, 0.717) is 12.6 Å². The van der Waals surface area contributed by atoms with Gasteiger partial charge in [-0.25, -0.2) is 0 Å². The molecule has 0 spiro atoms. The first-order valence-corrected chi connectivity index (χ1v) is 6.75. The monoisotopic (exact) mass is 253 g/mol. The zero-order chi connectivity index (χ0) is 12.8. The maximum Gasteiger partial charge on any atom is 0.0967 e. The molecule has 0 aliphatic carbocycles. The van der Waals surface area contributed by atoms with E-state index in [9.17, 15) is 0 Å². The molecule has 1 atom stereocenters. The Morgan fingerprint density at radius 2 is 2.50 bits per heavy atom. The summed E-state index contributed by atoms with van der Waals surface area (Å²) in [5.41, 5.74) is 6.49. The molecule has 0 bridgehead atoms. The van der Waals surface area contributed by atoms with E-state index in [1.807, 2.05) is 6.20 Å². The first-order chi connectivity index (χ1) is 8.81. The Labute approximate surface area is 108 Å². The van der Waals surface area contributed by atoms with E-state index >= 15 is 0 Å². The molecule has 2 N–H and O–H groups in total. The molecule has 1 saturated heterocycles. The van der Waals surface area contributed by atoms with E-state index in [4.69, 9.17) is 10.5 Å². The van der Waals surface area contributed by atoms with Crippen LogP contribution in [0.2, 0.25) is 0 Å². The van der Waals surface area contributed by atoms with Crippen molar-refractivity contribution in [3.05, 3.63) is 11.9 Å². The molecule has 0 saturated carbocycles. The number of hydrogen-bond donors (Lipinski definition) is 1. The van der Waals surface area contributed by atoms with Crippen LogP contribution in [0, 0.1) is 0 Å². The van der Waals surface area contributed by atoms with E-state index < -0.39 is 0 Å².